The largest absolute Gasteiger partial charge is 0.398 e. The van der Waals surface area contributed by atoms with E-state index in [0.29, 0.717) is 68.3 Å². The summed E-state index contributed by atoms with van der Waals surface area (Å²) < 4.78 is 14.4. The number of carbonyl (C=O) groups excluding carboxylic acids is 2. The predicted molar refractivity (Wildman–Crippen MR) is 184 cm³/mol. The summed E-state index contributed by atoms with van der Waals surface area (Å²) in [6, 6.07) is 19.2. The van der Waals surface area contributed by atoms with Crippen LogP contribution in [-0.4, -0.2) is 85.8 Å². The Labute approximate surface area is 273 Å². The van der Waals surface area contributed by atoms with Crippen LogP contribution in [0.5, 0.6) is 0 Å². The number of nitrogens with one attached hydrogen (secondary N) is 1. The molecule has 3 aromatic carbocycles. The molecule has 3 aliphatic heterocycles. The van der Waals surface area contributed by atoms with Gasteiger partial charge in [0.25, 0.3) is 0 Å². The van der Waals surface area contributed by atoms with Gasteiger partial charge in [0.15, 0.2) is 0 Å². The maximum atomic E-state index is 14.4. The molecule has 0 radical (unpaired) electrons. The molecular formula is C36H39FN8O2. The van der Waals surface area contributed by atoms with E-state index in [9.17, 15) is 14.0 Å². The summed E-state index contributed by atoms with van der Waals surface area (Å²) in [6.45, 7) is 3.19. The summed E-state index contributed by atoms with van der Waals surface area (Å²) in [5.41, 5.74) is 16.3. The van der Waals surface area contributed by atoms with Crippen LogP contribution in [0.4, 0.5) is 15.8 Å². The number of nitrogens with two attached hydrogens (primary N) is 2. The van der Waals surface area contributed by atoms with E-state index in [1.165, 1.54) is 18.0 Å². The van der Waals surface area contributed by atoms with Crippen molar-refractivity contribution in [2.45, 2.75) is 19.3 Å². The molecule has 3 heterocycles. The maximum Gasteiger partial charge on any atom is 0.237 e. The van der Waals surface area contributed by atoms with Gasteiger partial charge in [0, 0.05) is 61.3 Å². The van der Waals surface area contributed by atoms with E-state index in [1.54, 1.807) is 48.3 Å². The highest BCUT2D eigenvalue weighted by Gasteiger charge is 2.51. The van der Waals surface area contributed by atoms with Crippen molar-refractivity contribution in [3.63, 3.8) is 0 Å². The third-order valence-corrected chi connectivity index (χ3v) is 9.49. The monoisotopic (exact) mass is 634 g/mol. The van der Waals surface area contributed by atoms with E-state index in [2.05, 4.69) is 21.0 Å². The van der Waals surface area contributed by atoms with Crippen molar-refractivity contribution < 1.29 is 14.0 Å². The summed E-state index contributed by atoms with van der Waals surface area (Å²) >= 11 is 0. The Morgan fingerprint density at radius 1 is 1.04 bits per heavy atom. The maximum absolute atomic E-state index is 14.4. The molecule has 6 rings (SSSR count). The lowest BCUT2D eigenvalue weighted by atomic mass is 9.85. The van der Waals surface area contributed by atoms with E-state index >= 15 is 0 Å². The second kappa shape index (κ2) is 13.3. The van der Waals surface area contributed by atoms with E-state index in [-0.39, 0.29) is 29.6 Å². The van der Waals surface area contributed by atoms with Crippen molar-refractivity contribution in [3.8, 4) is 0 Å². The molecule has 0 saturated carbocycles. The molecule has 0 aromatic heterocycles. The number of amides is 2. The number of nitrogens with zero attached hydrogens (tertiary/aromatic N) is 5. The fourth-order valence-electron chi connectivity index (χ4n) is 6.78. The normalized spacial score (nSPS) is 20.4. The zero-order chi connectivity index (χ0) is 33.1. The third kappa shape index (κ3) is 6.44. The molecule has 2 amide bonds. The first kappa shape index (κ1) is 31.8. The van der Waals surface area contributed by atoms with Crippen LogP contribution in [-0.2, 0) is 9.59 Å². The van der Waals surface area contributed by atoms with Crippen molar-refractivity contribution in [3.05, 3.63) is 101 Å². The topological polar surface area (TPSA) is 144 Å². The number of aliphatic imine (C=N–C) groups is 2. The minimum absolute atomic E-state index is 0.0173. The number of rotatable bonds is 8. The zero-order valence-electron chi connectivity index (χ0n) is 26.5. The van der Waals surface area contributed by atoms with E-state index < -0.39 is 11.2 Å². The van der Waals surface area contributed by atoms with Gasteiger partial charge in [-0.05, 0) is 67.3 Å². The molecule has 47 heavy (non-hydrogen) atoms. The summed E-state index contributed by atoms with van der Waals surface area (Å²) in [6.07, 6.45) is 5.65. The van der Waals surface area contributed by atoms with E-state index in [0.717, 1.165) is 17.5 Å². The van der Waals surface area contributed by atoms with Gasteiger partial charge in [0.1, 0.15) is 18.0 Å². The Morgan fingerprint density at radius 2 is 1.81 bits per heavy atom. The smallest absolute Gasteiger partial charge is 0.237 e. The van der Waals surface area contributed by atoms with Crippen LogP contribution < -0.4 is 16.4 Å². The number of likely N-dealkylation sites (tertiary alicyclic amines) is 1. The Bertz CT molecular complexity index is 1800. The number of carbonyl (C=O) groups is 2. The van der Waals surface area contributed by atoms with Gasteiger partial charge in [0.05, 0.1) is 17.7 Å². The lowest BCUT2D eigenvalue weighted by Gasteiger charge is -2.29. The fraction of sp³-hybridized carbons (Fsp3) is 0.306. The lowest BCUT2D eigenvalue weighted by molar-refractivity contribution is -0.132. The fourth-order valence-corrected chi connectivity index (χ4v) is 6.78. The highest BCUT2D eigenvalue weighted by molar-refractivity contribution is 6.15. The van der Waals surface area contributed by atoms with Gasteiger partial charge in [-0.1, -0.05) is 42.5 Å². The van der Waals surface area contributed by atoms with Crippen molar-refractivity contribution >= 4 is 46.6 Å². The van der Waals surface area contributed by atoms with Gasteiger partial charge < -0.3 is 21.3 Å². The number of nitrogen functional groups attached to an aromatic ring is 1. The second-order valence-corrected chi connectivity index (χ2v) is 12.4. The molecule has 242 valence electrons. The van der Waals surface area contributed by atoms with E-state index in [4.69, 9.17) is 16.9 Å². The third-order valence-electron chi connectivity index (χ3n) is 9.49. The van der Waals surface area contributed by atoms with Crippen LogP contribution >= 0.6 is 0 Å². The lowest BCUT2D eigenvalue weighted by Crippen LogP contribution is -2.43. The summed E-state index contributed by atoms with van der Waals surface area (Å²) in [4.78, 5) is 40.8. The number of benzene rings is 3. The van der Waals surface area contributed by atoms with Crippen LogP contribution in [0.15, 0.2) is 82.8 Å². The van der Waals surface area contributed by atoms with Gasteiger partial charge in [-0.3, -0.25) is 24.9 Å². The number of anilines is 2. The number of halogens is 1. The molecule has 1 atom stereocenters. The number of amidine groups is 1. The average Bonchev–Trinajstić information content (AvgIpc) is 3.65. The van der Waals surface area contributed by atoms with Gasteiger partial charge in [0.2, 0.25) is 11.8 Å². The molecule has 11 heteroatoms. The quantitative estimate of drug-likeness (QED) is 0.195. The Morgan fingerprint density at radius 3 is 2.53 bits per heavy atom. The molecular weight excluding hydrogens is 595 g/mol. The summed E-state index contributed by atoms with van der Waals surface area (Å²) in [5, 5.41) is 8.62. The zero-order valence-corrected chi connectivity index (χ0v) is 26.5. The van der Waals surface area contributed by atoms with Crippen molar-refractivity contribution in [2.75, 3.05) is 56.9 Å². The minimum atomic E-state index is -0.556. The van der Waals surface area contributed by atoms with Gasteiger partial charge in [-0.15, -0.1) is 0 Å². The van der Waals surface area contributed by atoms with E-state index in [1.807, 2.05) is 29.2 Å². The second-order valence-electron chi connectivity index (χ2n) is 12.4. The first-order valence-corrected chi connectivity index (χ1v) is 15.8. The standard InChI is InChI=1S/C36H39FN8O2/c1-41-23-42-34(40)26-8-6-24(7-9-26)25-12-16-44(17-13-25)32(46)21-43-18-14-36(22-43)15-19-45(35(36)47)27-10-11-31(38)29(20-27)33(39)28-4-2-3-5-30(28)37/h2-12,20,23,39H,13-19,21-22,38H2,1H3,(H2,40,41,42)/t36-/m0/s1. The van der Waals surface area contributed by atoms with Crippen LogP contribution in [0, 0.1) is 16.6 Å². The van der Waals surface area contributed by atoms with Crippen LogP contribution in [0.1, 0.15) is 41.5 Å². The molecule has 3 aliphatic rings. The van der Waals surface area contributed by atoms with Crippen LogP contribution in [0.2, 0.25) is 0 Å². The Balaban J connectivity index is 1.06. The molecule has 0 unspecified atom stereocenters. The van der Waals surface area contributed by atoms with Crippen molar-refractivity contribution in [1.82, 2.24) is 9.80 Å². The predicted octanol–water partition coefficient (Wildman–Crippen LogP) is 3.93. The first-order chi connectivity index (χ1) is 22.7. The van der Waals surface area contributed by atoms with Crippen LogP contribution in [0.25, 0.3) is 5.57 Å². The highest BCUT2D eigenvalue weighted by atomic mass is 19.1. The average molecular weight is 635 g/mol. The van der Waals surface area contributed by atoms with Crippen molar-refractivity contribution in [1.29, 1.82) is 5.41 Å². The number of hydrogen-bond donors (Lipinski definition) is 3. The Hall–Kier alpha value is -5.16. The molecule has 0 bridgehead atoms. The summed E-state index contributed by atoms with van der Waals surface area (Å²) in [5.74, 6) is -0.0130. The highest BCUT2D eigenvalue weighted by Crippen LogP contribution is 2.43. The molecule has 3 aromatic rings. The molecule has 1 spiro atoms. The van der Waals surface area contributed by atoms with Crippen LogP contribution in [0.3, 0.4) is 0 Å². The molecule has 0 aliphatic carbocycles. The van der Waals surface area contributed by atoms with Gasteiger partial charge in [-0.25, -0.2) is 9.38 Å². The summed E-state index contributed by atoms with van der Waals surface area (Å²) in [7, 11) is 1.64. The first-order valence-electron chi connectivity index (χ1n) is 15.8. The van der Waals surface area contributed by atoms with Gasteiger partial charge in [-0.2, -0.15) is 0 Å². The van der Waals surface area contributed by atoms with Gasteiger partial charge >= 0.3 is 0 Å². The molecule has 5 N–H and O–H groups in total. The SMILES string of the molecule is CN=CN=C(N)c1ccc(C2=CCN(C(=O)CN3CC[C@]4(CCN(c5ccc(N)c(C(=N)c6ccccc6F)c5)C4=O)C3)CC2)cc1. The van der Waals surface area contributed by atoms with Crippen molar-refractivity contribution in [2.24, 2.45) is 21.1 Å². The molecule has 10 nitrogen and oxygen atoms in total. The molecule has 2 saturated heterocycles. The number of hydrogen-bond acceptors (Lipinski definition) is 6. The minimum Gasteiger partial charge on any atom is -0.398 e. The Kier molecular flexibility index (Phi) is 8.99. The molecule has 2 fully saturated rings.